The fourth-order valence-corrected chi connectivity index (χ4v) is 2.71. The number of amides is 1. The number of imidazole rings is 1. The van der Waals surface area contributed by atoms with E-state index in [2.05, 4.69) is 10.3 Å². The first kappa shape index (κ1) is 15.6. The van der Waals surface area contributed by atoms with E-state index in [1.165, 1.54) is 0 Å². The van der Waals surface area contributed by atoms with Gasteiger partial charge < -0.3 is 10.1 Å². The molecule has 0 fully saturated rings. The molecule has 2 aromatic heterocycles. The summed E-state index contributed by atoms with van der Waals surface area (Å²) in [6.45, 7) is 2.39. The van der Waals surface area contributed by atoms with E-state index in [9.17, 15) is 4.79 Å². The van der Waals surface area contributed by atoms with E-state index in [0.29, 0.717) is 28.7 Å². The summed E-state index contributed by atoms with van der Waals surface area (Å²) in [5.41, 5.74) is 1.42. The second-order valence-corrected chi connectivity index (χ2v) is 5.48. The maximum absolute atomic E-state index is 12.5. The highest BCUT2D eigenvalue weighted by atomic mass is 35.5. The molecule has 0 atom stereocenters. The molecule has 0 aliphatic heterocycles. The molecule has 0 aliphatic carbocycles. The van der Waals surface area contributed by atoms with Crippen molar-refractivity contribution in [2.24, 2.45) is 0 Å². The highest BCUT2D eigenvalue weighted by Crippen LogP contribution is 2.28. The standard InChI is InChI=1S/C16H13Cl2N3O2/c1-2-23-12-7-6-10(9-11(12)17)19-16(22)14-15(18)20-13-5-3-4-8-21(13)14/h3-9H,2H2,1H3,(H,19,22). The number of aromatic nitrogens is 2. The number of pyridine rings is 1. The number of nitrogens with zero attached hydrogens (tertiary/aromatic N) is 2. The van der Waals surface area contributed by atoms with Gasteiger partial charge in [0, 0.05) is 11.9 Å². The van der Waals surface area contributed by atoms with Crippen LogP contribution in [0.5, 0.6) is 5.75 Å². The zero-order valence-electron chi connectivity index (χ0n) is 12.2. The van der Waals surface area contributed by atoms with Gasteiger partial charge in [0.25, 0.3) is 5.91 Å². The molecule has 0 radical (unpaired) electrons. The third-order valence-electron chi connectivity index (χ3n) is 3.19. The summed E-state index contributed by atoms with van der Waals surface area (Å²) in [5.74, 6) is 0.203. The van der Waals surface area contributed by atoms with Crippen LogP contribution in [-0.2, 0) is 0 Å². The Bertz CT molecular complexity index is 877. The van der Waals surface area contributed by atoms with E-state index in [0.717, 1.165) is 0 Å². The highest BCUT2D eigenvalue weighted by molar-refractivity contribution is 6.34. The van der Waals surface area contributed by atoms with Crippen LogP contribution in [0.2, 0.25) is 10.2 Å². The Morgan fingerprint density at radius 3 is 2.87 bits per heavy atom. The highest BCUT2D eigenvalue weighted by Gasteiger charge is 2.18. The number of carbonyl (C=O) groups is 1. The zero-order chi connectivity index (χ0) is 16.4. The summed E-state index contributed by atoms with van der Waals surface area (Å²) in [4.78, 5) is 16.7. The number of rotatable bonds is 4. The topological polar surface area (TPSA) is 55.6 Å². The first-order valence-electron chi connectivity index (χ1n) is 6.96. The number of ether oxygens (including phenoxy) is 1. The fraction of sp³-hybridized carbons (Fsp3) is 0.125. The van der Waals surface area contributed by atoms with Crippen molar-refractivity contribution in [1.82, 2.24) is 9.38 Å². The van der Waals surface area contributed by atoms with Crippen LogP contribution in [0.25, 0.3) is 5.65 Å². The van der Waals surface area contributed by atoms with Gasteiger partial charge in [-0.3, -0.25) is 9.20 Å². The summed E-state index contributed by atoms with van der Waals surface area (Å²) in [6.07, 6.45) is 1.73. The first-order valence-corrected chi connectivity index (χ1v) is 7.72. The number of nitrogens with one attached hydrogen (secondary N) is 1. The molecule has 3 aromatic rings. The number of fused-ring (bicyclic) bond motifs is 1. The quantitative estimate of drug-likeness (QED) is 0.764. The second kappa shape index (κ2) is 6.48. The van der Waals surface area contributed by atoms with Crippen molar-refractivity contribution in [3.63, 3.8) is 0 Å². The summed E-state index contributed by atoms with van der Waals surface area (Å²) >= 11 is 12.2. The van der Waals surface area contributed by atoms with Crippen molar-refractivity contribution in [2.75, 3.05) is 11.9 Å². The Balaban J connectivity index is 1.89. The Hall–Kier alpha value is -2.24. The maximum Gasteiger partial charge on any atom is 0.275 e. The van der Waals surface area contributed by atoms with Gasteiger partial charge in [-0.25, -0.2) is 4.98 Å². The van der Waals surface area contributed by atoms with Gasteiger partial charge in [0.15, 0.2) is 10.8 Å². The molecule has 118 valence electrons. The molecule has 1 aromatic carbocycles. The van der Waals surface area contributed by atoms with Crippen LogP contribution in [0.3, 0.4) is 0 Å². The summed E-state index contributed by atoms with van der Waals surface area (Å²) in [5, 5.41) is 3.33. The molecule has 0 aliphatic rings. The average molecular weight is 350 g/mol. The fourth-order valence-electron chi connectivity index (χ4n) is 2.21. The molecule has 0 saturated carbocycles. The van der Waals surface area contributed by atoms with E-state index in [4.69, 9.17) is 27.9 Å². The lowest BCUT2D eigenvalue weighted by molar-refractivity contribution is 0.102. The lowest BCUT2D eigenvalue weighted by atomic mass is 10.3. The van der Waals surface area contributed by atoms with Crippen LogP contribution < -0.4 is 10.1 Å². The summed E-state index contributed by atoms with van der Waals surface area (Å²) in [6, 6.07) is 10.4. The van der Waals surface area contributed by atoms with Crippen LogP contribution in [0.15, 0.2) is 42.6 Å². The third kappa shape index (κ3) is 3.11. The number of carbonyl (C=O) groups excluding carboxylic acids is 1. The molecule has 2 heterocycles. The predicted molar refractivity (Wildman–Crippen MR) is 90.8 cm³/mol. The first-order chi connectivity index (χ1) is 11.1. The molecule has 5 nitrogen and oxygen atoms in total. The molecule has 0 bridgehead atoms. The van der Waals surface area contributed by atoms with Crippen LogP contribution in [0.1, 0.15) is 17.4 Å². The molecule has 0 spiro atoms. The Labute approximate surface area is 142 Å². The van der Waals surface area contributed by atoms with Crippen LogP contribution in [-0.4, -0.2) is 21.9 Å². The van der Waals surface area contributed by atoms with Gasteiger partial charge in [0.05, 0.1) is 11.6 Å². The van der Waals surface area contributed by atoms with Gasteiger partial charge in [0.1, 0.15) is 11.4 Å². The Morgan fingerprint density at radius 2 is 2.13 bits per heavy atom. The second-order valence-electron chi connectivity index (χ2n) is 4.71. The molecule has 23 heavy (non-hydrogen) atoms. The molecular weight excluding hydrogens is 337 g/mol. The minimum atomic E-state index is -0.367. The van der Waals surface area contributed by atoms with Crippen LogP contribution in [0, 0.1) is 0 Å². The zero-order valence-corrected chi connectivity index (χ0v) is 13.7. The summed E-state index contributed by atoms with van der Waals surface area (Å²) < 4.78 is 7.00. The SMILES string of the molecule is CCOc1ccc(NC(=O)c2c(Cl)nc3ccccn23)cc1Cl. The predicted octanol–water partition coefficient (Wildman–Crippen LogP) is 4.29. The minimum Gasteiger partial charge on any atom is -0.492 e. The third-order valence-corrected chi connectivity index (χ3v) is 3.75. The molecular formula is C16H13Cl2N3O2. The van der Waals surface area contributed by atoms with Crippen molar-refractivity contribution >= 4 is 40.4 Å². The van der Waals surface area contributed by atoms with Gasteiger partial charge in [-0.15, -0.1) is 0 Å². The van der Waals surface area contributed by atoms with Crippen molar-refractivity contribution in [3.05, 3.63) is 58.5 Å². The normalized spacial score (nSPS) is 10.7. The molecule has 3 rings (SSSR count). The Kier molecular flexibility index (Phi) is 4.41. The van der Waals surface area contributed by atoms with Gasteiger partial charge >= 0.3 is 0 Å². The van der Waals surface area contributed by atoms with Crippen molar-refractivity contribution in [2.45, 2.75) is 6.92 Å². The maximum atomic E-state index is 12.5. The van der Waals surface area contributed by atoms with Crippen LogP contribution in [0.4, 0.5) is 5.69 Å². The van der Waals surface area contributed by atoms with E-state index in [1.807, 2.05) is 13.0 Å². The van der Waals surface area contributed by atoms with Crippen LogP contribution >= 0.6 is 23.2 Å². The molecule has 0 unspecified atom stereocenters. The minimum absolute atomic E-state index is 0.144. The lowest BCUT2D eigenvalue weighted by Gasteiger charge is -2.09. The van der Waals surface area contributed by atoms with Gasteiger partial charge in [-0.1, -0.05) is 29.3 Å². The monoisotopic (exact) mass is 349 g/mol. The average Bonchev–Trinajstić information content (AvgIpc) is 2.86. The van der Waals surface area contributed by atoms with Gasteiger partial charge in [-0.2, -0.15) is 0 Å². The molecule has 7 heteroatoms. The van der Waals surface area contributed by atoms with Gasteiger partial charge in [-0.05, 0) is 37.3 Å². The van der Waals surface area contributed by atoms with E-state index in [1.54, 1.807) is 40.9 Å². The number of anilines is 1. The van der Waals surface area contributed by atoms with E-state index in [-0.39, 0.29) is 16.8 Å². The summed E-state index contributed by atoms with van der Waals surface area (Å²) in [7, 11) is 0. The van der Waals surface area contributed by atoms with E-state index >= 15 is 0 Å². The Morgan fingerprint density at radius 1 is 1.30 bits per heavy atom. The van der Waals surface area contributed by atoms with Crippen molar-refractivity contribution in [1.29, 1.82) is 0 Å². The molecule has 1 N–H and O–H groups in total. The molecule has 0 saturated heterocycles. The number of hydrogen-bond donors (Lipinski definition) is 1. The number of halogens is 2. The number of benzene rings is 1. The smallest absolute Gasteiger partial charge is 0.275 e. The van der Waals surface area contributed by atoms with Crippen molar-refractivity contribution < 1.29 is 9.53 Å². The lowest BCUT2D eigenvalue weighted by Crippen LogP contribution is -2.14. The number of hydrogen-bond acceptors (Lipinski definition) is 3. The molecule has 1 amide bonds. The van der Waals surface area contributed by atoms with Crippen molar-refractivity contribution in [3.8, 4) is 5.75 Å². The largest absolute Gasteiger partial charge is 0.492 e. The van der Waals surface area contributed by atoms with E-state index < -0.39 is 0 Å². The van der Waals surface area contributed by atoms with Gasteiger partial charge in [0.2, 0.25) is 0 Å².